The average molecular weight is 850 g/mol. The van der Waals surface area contributed by atoms with Gasteiger partial charge in [0.05, 0.1) is 5.92 Å². The smallest absolute Gasteiger partial charge is 0.226 e. The van der Waals surface area contributed by atoms with Crippen LogP contribution in [0.2, 0.25) is 0 Å². The Morgan fingerprint density at radius 1 is 0.304 bits per heavy atom. The largest absolute Gasteiger partial charge is 0.343 e. The first-order valence-electron chi connectivity index (χ1n) is 26.2. The maximum atomic E-state index is 16.2. The first-order chi connectivity index (χ1) is 34.2. The molecular weight excluding hydrogens is 835 g/mol. The van der Waals surface area contributed by atoms with Gasteiger partial charge in [-0.05, 0) is 327 Å². The molecule has 0 bridgehead atoms. The number of amides is 1. The number of benzene rings is 18. The molecule has 0 radical (unpaired) electrons. The summed E-state index contributed by atoms with van der Waals surface area (Å²) in [5.74, 6) is 0.216. The second kappa shape index (κ2) is 6.02. The molecule has 69 heavy (non-hydrogen) atoms. The Morgan fingerprint density at radius 3 is 0.667 bits per heavy atom. The van der Waals surface area contributed by atoms with E-state index in [4.69, 9.17) is 0 Å². The highest BCUT2D eigenvalue weighted by atomic mass is 16.2. The van der Waals surface area contributed by atoms with Gasteiger partial charge >= 0.3 is 0 Å². The van der Waals surface area contributed by atoms with Crippen LogP contribution < -0.4 is 0 Å². The summed E-state index contributed by atoms with van der Waals surface area (Å²) in [7, 11) is 0. The van der Waals surface area contributed by atoms with Crippen LogP contribution >= 0.6 is 0 Å². The molecule has 0 saturated carbocycles. The van der Waals surface area contributed by atoms with Crippen LogP contribution in [0.25, 0.3) is 291 Å². The zero-order valence-corrected chi connectivity index (χ0v) is 36.4. The van der Waals surface area contributed by atoms with Gasteiger partial charge in [-0.2, -0.15) is 0 Å². The fraction of sp³-hybridized carbons (Fsp3) is 0.119. The SMILES string of the molecule is CCN(CC)C(=O)C(C)C12c3c4c5c6c7c8c(c9c%10c1c1c3c3c%11c4c4c5c5c7c7c%12c8c8c9c9c%10c%10c1c1c3c3c%11c%11c4c4c5c7c5c7c%12c8c8c9c9c%10c1c1c3c3c%11c4c5c4c7c8c9c1c34)C62. The fourth-order valence-corrected chi connectivity index (χ4v) is 24.9. The van der Waals surface area contributed by atoms with Crippen LogP contribution in [-0.4, -0.2) is 23.9 Å². The molecule has 0 aliphatic heterocycles. The van der Waals surface area contributed by atoms with E-state index in [2.05, 4.69) is 25.7 Å². The van der Waals surface area contributed by atoms with Crippen molar-refractivity contribution in [3.05, 3.63) is 22.3 Å². The number of hydrogen-bond acceptors (Lipinski definition) is 1. The van der Waals surface area contributed by atoms with E-state index >= 15 is 4.79 Å². The van der Waals surface area contributed by atoms with Crippen molar-refractivity contribution in [2.75, 3.05) is 13.1 Å². The lowest BCUT2D eigenvalue weighted by atomic mass is 9.52. The minimum absolute atomic E-state index is 0.0950. The molecule has 4 aliphatic rings. The van der Waals surface area contributed by atoms with E-state index in [9.17, 15) is 0 Å². The molecule has 28 aromatic carbocycles. The second-order valence-electron chi connectivity index (χ2n) is 25.4. The standard InChI is InChI=1S/C67H15NO/c1-4-68(5-2)66(69)6(3)67-63-59-53-39-31-23-11-8-7-9-12(11)24-26-22-16(9)18-14-10(7)13-17-15(8)21-25(23)37(39)45-43-29(21)27(17)35-33-19(13)20(14)34-36-28(18)30(22)44-46-38(26)40(32(24)31)54(53)60(63)56(46)58-50(44)48(36)52-42(34)41(33)51-47(35)49(43)57(55(45)59)64(67)61(51)62(52)65(58)67/h6,63H,4-5H2,1-3H3. The number of carbonyl (C=O) groups excluding carboxylic acids is 1. The van der Waals surface area contributed by atoms with Crippen molar-refractivity contribution < 1.29 is 4.79 Å². The van der Waals surface area contributed by atoms with E-state index in [1.54, 1.807) is 313 Å². The topological polar surface area (TPSA) is 20.3 Å². The van der Waals surface area contributed by atoms with Gasteiger partial charge in [-0.15, -0.1) is 0 Å². The van der Waals surface area contributed by atoms with E-state index in [-0.39, 0.29) is 11.8 Å². The van der Waals surface area contributed by atoms with Gasteiger partial charge in [0.1, 0.15) is 0 Å². The Labute approximate surface area is 377 Å². The summed E-state index contributed by atoms with van der Waals surface area (Å²) in [6.45, 7) is 8.39. The molecule has 1 amide bonds. The minimum Gasteiger partial charge on any atom is -0.343 e. The van der Waals surface area contributed by atoms with E-state index in [0.717, 1.165) is 13.1 Å². The number of carbonyl (C=O) groups is 1. The maximum absolute atomic E-state index is 16.2. The van der Waals surface area contributed by atoms with E-state index in [1.165, 1.54) is 0 Å². The summed E-state index contributed by atoms with van der Waals surface area (Å²) in [6, 6.07) is 0. The van der Waals surface area contributed by atoms with Gasteiger partial charge in [-0.25, -0.2) is 0 Å². The Balaban J connectivity index is 1.19. The molecule has 0 spiro atoms. The summed E-state index contributed by atoms with van der Waals surface area (Å²) < 4.78 is 0. The molecule has 2 heteroatoms. The summed E-state index contributed by atoms with van der Waals surface area (Å²) in [5.41, 5.74) is 5.95. The van der Waals surface area contributed by atoms with Crippen molar-refractivity contribution in [2.24, 2.45) is 5.92 Å². The van der Waals surface area contributed by atoms with Gasteiger partial charge in [0, 0.05) is 24.4 Å². The Morgan fingerprint density at radius 2 is 0.464 bits per heavy atom. The second-order valence-corrected chi connectivity index (χ2v) is 25.4. The van der Waals surface area contributed by atoms with E-state index in [1.807, 2.05) is 0 Å². The maximum Gasteiger partial charge on any atom is 0.226 e. The predicted octanol–water partition coefficient (Wildman–Crippen LogP) is 17.6. The number of nitrogens with zero attached hydrogens (tertiary/aromatic N) is 1. The van der Waals surface area contributed by atoms with Crippen molar-refractivity contribution in [2.45, 2.75) is 32.1 Å². The number of rotatable bonds is 4. The monoisotopic (exact) mass is 849 g/mol. The molecule has 0 heterocycles. The normalized spacial score (nSPS) is 21.3. The van der Waals surface area contributed by atoms with Crippen LogP contribution in [0, 0.1) is 5.92 Å². The van der Waals surface area contributed by atoms with Gasteiger partial charge in [0.15, 0.2) is 0 Å². The van der Waals surface area contributed by atoms with Gasteiger partial charge in [0.25, 0.3) is 0 Å². The van der Waals surface area contributed by atoms with Crippen molar-refractivity contribution in [3.63, 3.8) is 0 Å². The first kappa shape index (κ1) is 26.5. The molecule has 4 aliphatic carbocycles. The number of hydrogen-bond donors (Lipinski definition) is 0. The predicted molar refractivity (Wildman–Crippen MR) is 292 cm³/mol. The van der Waals surface area contributed by atoms with Crippen LogP contribution in [0.5, 0.6) is 0 Å². The third-order valence-corrected chi connectivity index (χ3v) is 25.3. The summed E-state index contributed by atoms with van der Waals surface area (Å²) in [4.78, 5) is 18.4. The molecule has 0 saturated heterocycles. The van der Waals surface area contributed by atoms with Crippen molar-refractivity contribution in [1.82, 2.24) is 4.90 Å². The third kappa shape index (κ3) is 1.42. The summed E-state index contributed by atoms with van der Waals surface area (Å²) in [6.07, 6.45) is 0. The van der Waals surface area contributed by atoms with Gasteiger partial charge in [-0.1, -0.05) is 6.92 Å². The lowest BCUT2D eigenvalue weighted by molar-refractivity contribution is -0.136. The van der Waals surface area contributed by atoms with Crippen LogP contribution in [-0.2, 0) is 10.2 Å². The van der Waals surface area contributed by atoms with Crippen LogP contribution in [0.1, 0.15) is 48.9 Å². The highest BCUT2D eigenvalue weighted by Crippen LogP contribution is 2.84. The molecule has 0 N–H and O–H groups in total. The highest BCUT2D eigenvalue weighted by Gasteiger charge is 2.65. The first-order valence-corrected chi connectivity index (χ1v) is 26.2. The van der Waals surface area contributed by atoms with Gasteiger partial charge < -0.3 is 4.90 Å². The zero-order chi connectivity index (χ0) is 41.7. The lowest BCUT2D eigenvalue weighted by Gasteiger charge is -2.49. The van der Waals surface area contributed by atoms with Crippen molar-refractivity contribution >= 4 is 297 Å². The van der Waals surface area contributed by atoms with E-state index in [0.29, 0.717) is 5.91 Å². The Hall–Kier alpha value is -8.07. The van der Waals surface area contributed by atoms with Crippen molar-refractivity contribution in [1.29, 1.82) is 0 Å². The molecule has 0 fully saturated rings. The van der Waals surface area contributed by atoms with Gasteiger partial charge in [0.2, 0.25) is 5.91 Å². The van der Waals surface area contributed by atoms with Crippen LogP contribution in [0.15, 0.2) is 0 Å². The quantitative estimate of drug-likeness (QED) is 0.162. The zero-order valence-electron chi connectivity index (χ0n) is 36.4. The Bertz CT molecular complexity index is 6900. The highest BCUT2D eigenvalue weighted by molar-refractivity contribution is 6.82. The fourth-order valence-electron chi connectivity index (χ4n) is 24.9. The minimum atomic E-state index is -0.523. The molecule has 0 aromatic heterocycles. The van der Waals surface area contributed by atoms with Crippen LogP contribution in [0.3, 0.4) is 0 Å². The molecule has 32 rings (SSSR count). The summed E-state index contributed by atoms with van der Waals surface area (Å²) in [5, 5.41) is 87.3. The molecule has 294 valence electrons. The van der Waals surface area contributed by atoms with Crippen molar-refractivity contribution in [3.8, 4) is 0 Å². The molecule has 2 nitrogen and oxygen atoms in total. The molecule has 28 aromatic rings. The third-order valence-electron chi connectivity index (χ3n) is 25.3. The van der Waals surface area contributed by atoms with E-state index < -0.39 is 5.41 Å². The summed E-state index contributed by atoms with van der Waals surface area (Å²) >= 11 is 0. The average Bonchev–Trinajstić information content (AvgIpc) is 4.34. The van der Waals surface area contributed by atoms with Gasteiger partial charge in [-0.3, -0.25) is 4.79 Å². The molecule has 1 unspecified atom stereocenters. The molecular formula is C67H15NO. The Kier molecular flexibility index (Phi) is 2.31. The molecule has 1 atom stereocenters. The van der Waals surface area contributed by atoms with Crippen LogP contribution in [0.4, 0.5) is 0 Å². The lowest BCUT2D eigenvalue weighted by Crippen LogP contribution is -2.50.